The minimum absolute atomic E-state index is 0.243. The average molecular weight is 281 g/mol. The minimum atomic E-state index is -1.65. The first kappa shape index (κ1) is 16.3. The van der Waals surface area contributed by atoms with Gasteiger partial charge in [-0.1, -0.05) is 26.8 Å². The largest absolute Gasteiger partial charge is 0.417 e. The maximum Gasteiger partial charge on any atom is 0.191 e. The van der Waals surface area contributed by atoms with Crippen LogP contribution in [0, 0.1) is 0 Å². The second kappa shape index (κ2) is 6.64. The lowest BCUT2D eigenvalue weighted by molar-refractivity contribution is 0.148. The Hall–Kier alpha value is -0.713. The molecule has 0 fully saturated rings. The molecule has 0 aliphatic rings. The van der Waals surface area contributed by atoms with Gasteiger partial charge < -0.3 is 9.53 Å². The third-order valence-corrected chi connectivity index (χ3v) is 8.46. The highest BCUT2D eigenvalue weighted by Crippen LogP contribution is 2.36. The highest BCUT2D eigenvalue weighted by molar-refractivity contribution is 6.74. The van der Waals surface area contributed by atoms with E-state index in [9.17, 15) is 5.11 Å². The highest BCUT2D eigenvalue weighted by Gasteiger charge is 2.36. The Balaban J connectivity index is 2.32. The van der Waals surface area contributed by atoms with Crippen LogP contribution in [-0.2, 0) is 4.43 Å². The zero-order chi connectivity index (χ0) is 14.5. The number of hydrogen-bond donors (Lipinski definition) is 1. The third-order valence-electron chi connectivity index (χ3n) is 3.92. The van der Waals surface area contributed by atoms with Gasteiger partial charge in [-0.15, -0.1) is 0 Å². The lowest BCUT2D eigenvalue weighted by Crippen LogP contribution is -2.41. The molecule has 1 heterocycles. The summed E-state index contributed by atoms with van der Waals surface area (Å²) in [5.74, 6) is 0. The van der Waals surface area contributed by atoms with Gasteiger partial charge in [0.1, 0.15) is 0 Å². The molecule has 1 aromatic heterocycles. The molecule has 0 radical (unpaired) electrons. The number of aliphatic hydroxyl groups excluding tert-OH is 1. The number of rotatable bonds is 6. The van der Waals surface area contributed by atoms with Crippen molar-refractivity contribution in [3.05, 3.63) is 30.1 Å². The minimum Gasteiger partial charge on any atom is -0.417 e. The number of hydrogen-bond acceptors (Lipinski definition) is 3. The predicted octanol–water partition coefficient (Wildman–Crippen LogP) is 3.92. The van der Waals surface area contributed by atoms with Gasteiger partial charge in [0, 0.05) is 12.8 Å². The fraction of sp³-hybridized carbons (Fsp3) is 0.667. The van der Waals surface area contributed by atoms with Crippen molar-refractivity contribution in [2.75, 3.05) is 6.61 Å². The van der Waals surface area contributed by atoms with Crippen LogP contribution in [0.2, 0.25) is 18.1 Å². The quantitative estimate of drug-likeness (QED) is 0.635. The second-order valence-electron chi connectivity index (χ2n) is 6.52. The van der Waals surface area contributed by atoms with Crippen molar-refractivity contribution in [3.63, 3.8) is 0 Å². The number of nitrogens with zero attached hydrogens (tertiary/aromatic N) is 1. The molecule has 19 heavy (non-hydrogen) atoms. The van der Waals surface area contributed by atoms with E-state index < -0.39 is 14.4 Å². The fourth-order valence-electron chi connectivity index (χ4n) is 1.54. The molecule has 3 nitrogen and oxygen atoms in total. The summed E-state index contributed by atoms with van der Waals surface area (Å²) in [6.07, 6.45) is 2.80. The fourth-order valence-corrected chi connectivity index (χ4v) is 2.63. The molecule has 0 bridgehead atoms. The summed E-state index contributed by atoms with van der Waals surface area (Å²) in [5.41, 5.74) is 0.745. The first-order valence-electron chi connectivity index (χ1n) is 6.97. The monoisotopic (exact) mass is 281 g/mol. The van der Waals surface area contributed by atoms with E-state index in [0.717, 1.165) is 18.7 Å². The van der Waals surface area contributed by atoms with Crippen LogP contribution in [0.1, 0.15) is 45.4 Å². The normalized spacial score (nSPS) is 14.4. The van der Waals surface area contributed by atoms with Crippen molar-refractivity contribution in [1.29, 1.82) is 0 Å². The van der Waals surface area contributed by atoms with Crippen molar-refractivity contribution in [3.8, 4) is 0 Å². The summed E-state index contributed by atoms with van der Waals surface area (Å²) < 4.78 is 6.09. The molecule has 0 aliphatic heterocycles. The van der Waals surface area contributed by atoms with E-state index in [1.807, 2.05) is 18.2 Å². The Morgan fingerprint density at radius 3 is 2.53 bits per heavy atom. The van der Waals surface area contributed by atoms with Crippen LogP contribution in [0.3, 0.4) is 0 Å². The van der Waals surface area contributed by atoms with Crippen LogP contribution in [0.5, 0.6) is 0 Å². The van der Waals surface area contributed by atoms with E-state index in [1.165, 1.54) is 0 Å². The number of pyridine rings is 1. The standard InChI is InChI=1S/C15H27NO2Si/c1-15(2,3)19(4,5)18-12-8-10-14(17)13-9-6-7-11-16-13/h6-7,9,11,14,17H,8,10,12H2,1-5H3. The second-order valence-corrected chi connectivity index (χ2v) is 11.3. The summed E-state index contributed by atoms with van der Waals surface area (Å²) in [7, 11) is -1.65. The van der Waals surface area contributed by atoms with Gasteiger partial charge in [-0.05, 0) is 43.1 Å². The Labute approximate surface area is 118 Å². The van der Waals surface area contributed by atoms with Crippen LogP contribution in [-0.4, -0.2) is 25.0 Å². The molecule has 0 aromatic carbocycles. The lowest BCUT2D eigenvalue weighted by atomic mass is 10.1. The van der Waals surface area contributed by atoms with Gasteiger partial charge in [-0.2, -0.15) is 0 Å². The van der Waals surface area contributed by atoms with Crippen LogP contribution in [0.4, 0.5) is 0 Å². The first-order chi connectivity index (χ1) is 8.74. The molecule has 0 saturated heterocycles. The van der Waals surface area contributed by atoms with Crippen molar-refractivity contribution in [1.82, 2.24) is 4.98 Å². The Morgan fingerprint density at radius 1 is 1.32 bits per heavy atom. The molecule has 4 heteroatoms. The zero-order valence-corrected chi connectivity index (χ0v) is 13.8. The van der Waals surface area contributed by atoms with Gasteiger partial charge in [0.2, 0.25) is 0 Å². The highest BCUT2D eigenvalue weighted by atomic mass is 28.4. The first-order valence-corrected chi connectivity index (χ1v) is 9.88. The molecular weight excluding hydrogens is 254 g/mol. The van der Waals surface area contributed by atoms with Gasteiger partial charge in [0.15, 0.2) is 8.32 Å². The maximum absolute atomic E-state index is 10.0. The lowest BCUT2D eigenvalue weighted by Gasteiger charge is -2.36. The molecular formula is C15H27NO2Si. The molecule has 1 aromatic rings. The smallest absolute Gasteiger partial charge is 0.191 e. The van der Waals surface area contributed by atoms with E-state index in [2.05, 4.69) is 38.8 Å². The maximum atomic E-state index is 10.0. The molecule has 108 valence electrons. The van der Waals surface area contributed by atoms with Gasteiger partial charge >= 0.3 is 0 Å². The predicted molar refractivity (Wildman–Crippen MR) is 81.6 cm³/mol. The number of aliphatic hydroxyl groups is 1. The SMILES string of the molecule is CC(C)(C)[Si](C)(C)OCCCC(O)c1ccccn1. The van der Waals surface area contributed by atoms with Gasteiger partial charge in [0.25, 0.3) is 0 Å². The van der Waals surface area contributed by atoms with Crippen LogP contribution >= 0.6 is 0 Å². The molecule has 0 amide bonds. The molecule has 1 atom stereocenters. The Bertz CT molecular complexity index is 373. The topological polar surface area (TPSA) is 42.4 Å². The Morgan fingerprint density at radius 2 is 2.00 bits per heavy atom. The van der Waals surface area contributed by atoms with E-state index >= 15 is 0 Å². The summed E-state index contributed by atoms with van der Waals surface area (Å²) in [4.78, 5) is 4.16. The van der Waals surface area contributed by atoms with Crippen LogP contribution in [0.15, 0.2) is 24.4 Å². The molecule has 1 N–H and O–H groups in total. The third kappa shape index (κ3) is 5.05. The van der Waals surface area contributed by atoms with E-state index in [0.29, 0.717) is 6.42 Å². The molecule has 1 rings (SSSR count). The van der Waals surface area contributed by atoms with Crippen molar-refractivity contribution in [2.45, 2.75) is 57.8 Å². The molecule has 0 spiro atoms. The van der Waals surface area contributed by atoms with Crippen molar-refractivity contribution < 1.29 is 9.53 Å². The molecule has 0 aliphatic carbocycles. The Kier molecular flexibility index (Phi) is 5.71. The van der Waals surface area contributed by atoms with E-state index in [4.69, 9.17) is 4.43 Å². The summed E-state index contributed by atoms with van der Waals surface area (Å²) >= 11 is 0. The van der Waals surface area contributed by atoms with Crippen molar-refractivity contribution >= 4 is 8.32 Å². The summed E-state index contributed by atoms with van der Waals surface area (Å²) in [5, 5.41) is 10.2. The summed E-state index contributed by atoms with van der Waals surface area (Å²) in [6, 6.07) is 5.62. The molecule has 0 saturated carbocycles. The van der Waals surface area contributed by atoms with Gasteiger partial charge in [-0.25, -0.2) is 0 Å². The van der Waals surface area contributed by atoms with E-state index in [-0.39, 0.29) is 5.04 Å². The van der Waals surface area contributed by atoms with Gasteiger partial charge in [0.05, 0.1) is 11.8 Å². The number of aromatic nitrogens is 1. The average Bonchev–Trinajstić information content (AvgIpc) is 2.34. The van der Waals surface area contributed by atoms with Gasteiger partial charge in [-0.3, -0.25) is 4.98 Å². The van der Waals surface area contributed by atoms with Crippen LogP contribution in [0.25, 0.3) is 0 Å². The van der Waals surface area contributed by atoms with Crippen molar-refractivity contribution in [2.24, 2.45) is 0 Å². The zero-order valence-electron chi connectivity index (χ0n) is 12.8. The van der Waals surface area contributed by atoms with E-state index in [1.54, 1.807) is 6.20 Å². The summed E-state index contributed by atoms with van der Waals surface area (Å²) in [6.45, 7) is 11.9. The molecule has 1 unspecified atom stereocenters. The van der Waals surface area contributed by atoms with Crippen LogP contribution < -0.4 is 0 Å².